The van der Waals surface area contributed by atoms with Gasteiger partial charge in [0.25, 0.3) is 5.91 Å². The second kappa shape index (κ2) is 3.96. The molecule has 1 aromatic rings. The van der Waals surface area contributed by atoms with E-state index in [9.17, 15) is 9.59 Å². The summed E-state index contributed by atoms with van der Waals surface area (Å²) in [4.78, 5) is 22.6. The third kappa shape index (κ3) is 2.21. The van der Waals surface area contributed by atoms with Gasteiger partial charge >= 0.3 is 5.97 Å². The molecule has 86 valence electrons. The third-order valence-corrected chi connectivity index (χ3v) is 2.58. The number of hydrogen-bond acceptors (Lipinski definition) is 3. The van der Waals surface area contributed by atoms with Crippen molar-refractivity contribution in [2.75, 3.05) is 0 Å². The highest BCUT2D eigenvalue weighted by Gasteiger charge is 2.37. The van der Waals surface area contributed by atoms with Crippen LogP contribution in [-0.4, -0.2) is 33.2 Å². The minimum Gasteiger partial charge on any atom is -0.480 e. The Morgan fingerprint density at radius 1 is 1.62 bits per heavy atom. The molecule has 16 heavy (non-hydrogen) atoms. The van der Waals surface area contributed by atoms with Crippen LogP contribution >= 0.6 is 0 Å². The zero-order chi connectivity index (χ0) is 11.7. The molecule has 1 saturated carbocycles. The summed E-state index contributed by atoms with van der Waals surface area (Å²) in [7, 11) is 0. The summed E-state index contributed by atoms with van der Waals surface area (Å²) < 4.78 is 0. The first-order valence-electron chi connectivity index (χ1n) is 5.13. The predicted molar refractivity (Wildman–Crippen MR) is 54.9 cm³/mol. The minimum atomic E-state index is -0.983. The molecule has 3 N–H and O–H groups in total. The minimum absolute atomic E-state index is 0.0708. The van der Waals surface area contributed by atoms with Crippen molar-refractivity contribution in [3.63, 3.8) is 0 Å². The van der Waals surface area contributed by atoms with Gasteiger partial charge in [0.05, 0.1) is 0 Å². The van der Waals surface area contributed by atoms with Gasteiger partial charge in [-0.3, -0.25) is 9.89 Å². The molecule has 1 amide bonds. The largest absolute Gasteiger partial charge is 0.480 e. The van der Waals surface area contributed by atoms with Gasteiger partial charge in [-0.05, 0) is 31.7 Å². The maximum atomic E-state index is 11.6. The highest BCUT2D eigenvalue weighted by molar-refractivity contribution is 5.95. The lowest BCUT2D eigenvalue weighted by Crippen LogP contribution is -2.42. The standard InChI is InChI=1S/C10H13N3O3/c1-5-4-7(13-12-5)9(14)11-8(10(15)16)6-2-3-6/h4,6,8H,2-3H2,1H3,(H,11,14)(H,12,13)(H,15,16). The summed E-state index contributed by atoms with van der Waals surface area (Å²) in [5.41, 5.74) is 0.993. The number of aromatic nitrogens is 2. The molecular weight excluding hydrogens is 210 g/mol. The molecule has 1 fully saturated rings. The molecule has 0 spiro atoms. The monoisotopic (exact) mass is 223 g/mol. The highest BCUT2D eigenvalue weighted by atomic mass is 16.4. The molecule has 1 aliphatic carbocycles. The first kappa shape index (κ1) is 10.7. The summed E-state index contributed by atoms with van der Waals surface area (Å²) in [6.45, 7) is 1.78. The fourth-order valence-electron chi connectivity index (χ4n) is 1.56. The van der Waals surface area contributed by atoms with E-state index in [1.807, 2.05) is 0 Å². The lowest BCUT2D eigenvalue weighted by atomic mass is 10.2. The van der Waals surface area contributed by atoms with Gasteiger partial charge in [0.2, 0.25) is 0 Å². The van der Waals surface area contributed by atoms with E-state index in [0.717, 1.165) is 18.5 Å². The maximum absolute atomic E-state index is 11.6. The van der Waals surface area contributed by atoms with Gasteiger partial charge in [-0.1, -0.05) is 0 Å². The molecule has 1 unspecified atom stereocenters. The van der Waals surface area contributed by atoms with E-state index in [-0.39, 0.29) is 11.6 Å². The Labute approximate surface area is 92.0 Å². The van der Waals surface area contributed by atoms with Crippen LogP contribution in [0.2, 0.25) is 0 Å². The van der Waals surface area contributed by atoms with E-state index in [0.29, 0.717) is 0 Å². The average molecular weight is 223 g/mol. The van der Waals surface area contributed by atoms with E-state index >= 15 is 0 Å². The van der Waals surface area contributed by atoms with Crippen LogP contribution in [0.15, 0.2) is 6.07 Å². The Morgan fingerprint density at radius 3 is 2.75 bits per heavy atom. The number of H-pyrrole nitrogens is 1. The van der Waals surface area contributed by atoms with Gasteiger partial charge in [-0.15, -0.1) is 0 Å². The topological polar surface area (TPSA) is 95.1 Å². The number of carboxylic acids is 1. The van der Waals surface area contributed by atoms with E-state index in [1.165, 1.54) is 0 Å². The van der Waals surface area contributed by atoms with Crippen molar-refractivity contribution in [3.8, 4) is 0 Å². The molecule has 6 nitrogen and oxygen atoms in total. The number of aliphatic carboxylic acids is 1. The Morgan fingerprint density at radius 2 is 2.31 bits per heavy atom. The summed E-state index contributed by atoms with van der Waals surface area (Å²) in [6.07, 6.45) is 1.72. The second-order valence-electron chi connectivity index (χ2n) is 4.06. The molecule has 0 aliphatic heterocycles. The van der Waals surface area contributed by atoms with E-state index in [2.05, 4.69) is 15.5 Å². The Balaban J connectivity index is 2.02. The van der Waals surface area contributed by atoms with Gasteiger partial charge in [-0.25, -0.2) is 4.79 Å². The van der Waals surface area contributed by atoms with Crippen LogP contribution in [0.3, 0.4) is 0 Å². The molecule has 1 aliphatic rings. The predicted octanol–water partition coefficient (Wildman–Crippen LogP) is 0.311. The second-order valence-corrected chi connectivity index (χ2v) is 4.06. The number of carbonyl (C=O) groups is 2. The van der Waals surface area contributed by atoms with Crippen molar-refractivity contribution in [1.82, 2.24) is 15.5 Å². The Hall–Kier alpha value is -1.85. The van der Waals surface area contributed by atoms with Gasteiger partial charge in [-0.2, -0.15) is 5.10 Å². The summed E-state index contributed by atoms with van der Waals surface area (Å²) in [5.74, 6) is -1.35. The van der Waals surface area contributed by atoms with Crippen LogP contribution in [0, 0.1) is 12.8 Å². The molecule has 0 bridgehead atoms. The van der Waals surface area contributed by atoms with Gasteiger partial charge in [0.1, 0.15) is 11.7 Å². The smallest absolute Gasteiger partial charge is 0.326 e. The van der Waals surface area contributed by atoms with Crippen molar-refractivity contribution in [2.24, 2.45) is 5.92 Å². The number of aryl methyl sites for hydroxylation is 1. The van der Waals surface area contributed by atoms with Gasteiger partial charge < -0.3 is 10.4 Å². The lowest BCUT2D eigenvalue weighted by Gasteiger charge is -2.11. The van der Waals surface area contributed by atoms with E-state index < -0.39 is 17.9 Å². The van der Waals surface area contributed by atoms with Crippen LogP contribution in [0.1, 0.15) is 29.0 Å². The van der Waals surface area contributed by atoms with Crippen LogP contribution < -0.4 is 5.32 Å². The van der Waals surface area contributed by atoms with Gasteiger partial charge in [0.15, 0.2) is 0 Å². The number of amides is 1. The van der Waals surface area contributed by atoms with Crippen molar-refractivity contribution in [1.29, 1.82) is 0 Å². The normalized spacial score (nSPS) is 16.8. The van der Waals surface area contributed by atoms with Crippen molar-refractivity contribution >= 4 is 11.9 Å². The molecule has 1 heterocycles. The quantitative estimate of drug-likeness (QED) is 0.684. The zero-order valence-corrected chi connectivity index (χ0v) is 8.86. The number of carbonyl (C=O) groups excluding carboxylic acids is 1. The van der Waals surface area contributed by atoms with Crippen LogP contribution in [0.5, 0.6) is 0 Å². The average Bonchev–Trinajstić information content (AvgIpc) is 2.96. The number of aromatic amines is 1. The number of nitrogens with one attached hydrogen (secondary N) is 2. The SMILES string of the molecule is Cc1cc(C(=O)NC(C(=O)O)C2CC2)n[nH]1. The summed E-state index contributed by atoms with van der Waals surface area (Å²) >= 11 is 0. The van der Waals surface area contributed by atoms with Crippen molar-refractivity contribution in [3.05, 3.63) is 17.5 Å². The lowest BCUT2D eigenvalue weighted by molar-refractivity contribution is -0.139. The third-order valence-electron chi connectivity index (χ3n) is 2.58. The fourth-order valence-corrected chi connectivity index (χ4v) is 1.56. The summed E-state index contributed by atoms with van der Waals surface area (Å²) in [6, 6.07) is 0.797. The molecule has 1 aromatic heterocycles. The van der Waals surface area contributed by atoms with Gasteiger partial charge in [0, 0.05) is 5.69 Å². The van der Waals surface area contributed by atoms with Crippen LogP contribution in [-0.2, 0) is 4.79 Å². The molecule has 2 rings (SSSR count). The molecule has 1 atom stereocenters. The molecule has 0 radical (unpaired) electrons. The summed E-state index contributed by atoms with van der Waals surface area (Å²) in [5, 5.41) is 17.8. The first-order chi connectivity index (χ1) is 7.58. The van der Waals surface area contributed by atoms with Crippen LogP contribution in [0.4, 0.5) is 0 Å². The van der Waals surface area contributed by atoms with E-state index in [4.69, 9.17) is 5.11 Å². The number of rotatable bonds is 4. The van der Waals surface area contributed by atoms with Crippen LogP contribution in [0.25, 0.3) is 0 Å². The number of nitrogens with zero attached hydrogens (tertiary/aromatic N) is 1. The maximum Gasteiger partial charge on any atom is 0.326 e. The first-order valence-corrected chi connectivity index (χ1v) is 5.13. The fraction of sp³-hybridized carbons (Fsp3) is 0.500. The highest BCUT2D eigenvalue weighted by Crippen LogP contribution is 2.32. The zero-order valence-electron chi connectivity index (χ0n) is 8.86. The Bertz CT molecular complexity index is 423. The molecule has 6 heteroatoms. The number of carboxylic acid groups (broad SMARTS) is 1. The number of hydrogen-bond donors (Lipinski definition) is 3. The van der Waals surface area contributed by atoms with Crippen molar-refractivity contribution in [2.45, 2.75) is 25.8 Å². The van der Waals surface area contributed by atoms with E-state index in [1.54, 1.807) is 13.0 Å². The van der Waals surface area contributed by atoms with Crippen molar-refractivity contribution < 1.29 is 14.7 Å². The molecule has 0 aromatic carbocycles. The Kier molecular flexibility index (Phi) is 2.64. The molecular formula is C10H13N3O3. The molecule has 0 saturated heterocycles.